The smallest absolute Gasteiger partial charge is 0.259 e. The van der Waals surface area contributed by atoms with Crippen molar-refractivity contribution in [2.75, 3.05) is 18.4 Å². The molecular weight excluding hydrogens is 488 g/mol. The van der Waals surface area contributed by atoms with Crippen LogP contribution in [0.25, 0.3) is 5.52 Å². The van der Waals surface area contributed by atoms with Gasteiger partial charge in [0, 0.05) is 31.2 Å². The van der Waals surface area contributed by atoms with Gasteiger partial charge in [0.05, 0.1) is 35.6 Å². The number of hydrogen-bond donors (Lipinski definition) is 1. The zero-order valence-corrected chi connectivity index (χ0v) is 21.8. The molecular formula is C31H30N6O2. The number of carbonyl (C=O) groups excluding carboxylic acids is 2. The van der Waals surface area contributed by atoms with Gasteiger partial charge in [0.1, 0.15) is 0 Å². The average Bonchev–Trinajstić information content (AvgIpc) is 3.61. The van der Waals surface area contributed by atoms with Gasteiger partial charge in [0.15, 0.2) is 0 Å². The van der Waals surface area contributed by atoms with E-state index in [0.717, 1.165) is 35.2 Å². The van der Waals surface area contributed by atoms with Crippen LogP contribution in [0.4, 0.5) is 5.69 Å². The van der Waals surface area contributed by atoms with Gasteiger partial charge >= 0.3 is 0 Å². The number of carbonyl (C=O) groups is 2. The average molecular weight is 519 g/mol. The zero-order chi connectivity index (χ0) is 26.8. The molecule has 8 nitrogen and oxygen atoms in total. The number of aryl methyl sites for hydroxylation is 1. The molecule has 0 spiro atoms. The van der Waals surface area contributed by atoms with Crippen molar-refractivity contribution in [1.82, 2.24) is 24.3 Å². The van der Waals surface area contributed by atoms with Gasteiger partial charge in [-0.05, 0) is 66.6 Å². The van der Waals surface area contributed by atoms with E-state index >= 15 is 0 Å². The van der Waals surface area contributed by atoms with E-state index in [0.29, 0.717) is 36.7 Å². The SMILES string of the molecule is Cc1ccn2ncc(C(=O)Nc3ccc(C4CCN(C(=O)c5cnn(Cc6ccccc6)c5)CC4)cc3)c2c1. The first-order valence-corrected chi connectivity index (χ1v) is 13.2. The number of likely N-dealkylation sites (tertiary alicyclic amines) is 1. The predicted octanol–water partition coefficient (Wildman–Crippen LogP) is 5.16. The van der Waals surface area contributed by atoms with Crippen molar-refractivity contribution in [3.8, 4) is 0 Å². The van der Waals surface area contributed by atoms with E-state index < -0.39 is 0 Å². The van der Waals surface area contributed by atoms with Crippen LogP contribution < -0.4 is 5.32 Å². The van der Waals surface area contributed by atoms with E-state index in [1.807, 2.05) is 71.4 Å². The number of piperidine rings is 1. The van der Waals surface area contributed by atoms with Crippen LogP contribution in [0.15, 0.2) is 91.5 Å². The third-order valence-corrected chi connectivity index (χ3v) is 7.41. The molecule has 8 heteroatoms. The molecule has 1 aliphatic rings. The molecule has 5 aromatic rings. The van der Waals surface area contributed by atoms with Gasteiger partial charge in [-0.3, -0.25) is 14.3 Å². The highest BCUT2D eigenvalue weighted by molar-refractivity contribution is 6.08. The Morgan fingerprint density at radius 1 is 0.949 bits per heavy atom. The number of benzene rings is 2. The summed E-state index contributed by atoms with van der Waals surface area (Å²) in [6, 6.07) is 22.1. The minimum absolute atomic E-state index is 0.0358. The molecule has 1 saturated heterocycles. The van der Waals surface area contributed by atoms with Crippen molar-refractivity contribution >= 4 is 23.0 Å². The molecule has 3 aromatic heterocycles. The number of amides is 2. The van der Waals surface area contributed by atoms with Crippen LogP contribution in [-0.2, 0) is 6.54 Å². The quantitative estimate of drug-likeness (QED) is 0.337. The molecule has 4 heterocycles. The number of nitrogens with one attached hydrogen (secondary N) is 1. The van der Waals surface area contributed by atoms with Crippen molar-refractivity contribution in [3.63, 3.8) is 0 Å². The fourth-order valence-electron chi connectivity index (χ4n) is 5.23. The lowest BCUT2D eigenvalue weighted by molar-refractivity contribution is 0.0712. The van der Waals surface area contributed by atoms with E-state index in [1.54, 1.807) is 16.9 Å². The molecule has 2 aromatic carbocycles. The van der Waals surface area contributed by atoms with Crippen LogP contribution in [0.5, 0.6) is 0 Å². The van der Waals surface area contributed by atoms with E-state index in [2.05, 4.69) is 39.8 Å². The van der Waals surface area contributed by atoms with E-state index in [4.69, 9.17) is 0 Å². The van der Waals surface area contributed by atoms with E-state index in [9.17, 15) is 9.59 Å². The minimum atomic E-state index is -0.178. The highest BCUT2D eigenvalue weighted by Crippen LogP contribution is 2.29. The molecule has 1 fully saturated rings. The van der Waals surface area contributed by atoms with Gasteiger partial charge in [0.2, 0.25) is 0 Å². The summed E-state index contributed by atoms with van der Waals surface area (Å²) < 4.78 is 3.52. The van der Waals surface area contributed by atoms with Crippen LogP contribution in [0.2, 0.25) is 0 Å². The summed E-state index contributed by atoms with van der Waals surface area (Å²) >= 11 is 0. The van der Waals surface area contributed by atoms with Crippen molar-refractivity contribution in [2.24, 2.45) is 0 Å². The third-order valence-electron chi connectivity index (χ3n) is 7.41. The minimum Gasteiger partial charge on any atom is -0.339 e. The maximum atomic E-state index is 13.1. The maximum absolute atomic E-state index is 13.1. The summed E-state index contributed by atoms with van der Waals surface area (Å²) in [4.78, 5) is 27.9. The maximum Gasteiger partial charge on any atom is 0.259 e. The van der Waals surface area contributed by atoms with Gasteiger partial charge in [-0.2, -0.15) is 10.2 Å². The Morgan fingerprint density at radius 2 is 1.72 bits per heavy atom. The second-order valence-corrected chi connectivity index (χ2v) is 10.1. The second-order valence-electron chi connectivity index (χ2n) is 10.1. The summed E-state index contributed by atoms with van der Waals surface area (Å²) in [5.41, 5.74) is 6.16. The fraction of sp³-hybridized carbons (Fsp3) is 0.226. The molecule has 1 aliphatic heterocycles. The summed E-state index contributed by atoms with van der Waals surface area (Å²) in [6.45, 7) is 4.06. The molecule has 0 saturated carbocycles. The number of pyridine rings is 1. The van der Waals surface area contributed by atoms with Crippen molar-refractivity contribution < 1.29 is 9.59 Å². The van der Waals surface area contributed by atoms with Gasteiger partial charge < -0.3 is 10.2 Å². The van der Waals surface area contributed by atoms with Crippen LogP contribution >= 0.6 is 0 Å². The summed E-state index contributed by atoms with van der Waals surface area (Å²) in [5.74, 6) is 0.234. The molecule has 39 heavy (non-hydrogen) atoms. The first-order chi connectivity index (χ1) is 19.0. The third kappa shape index (κ3) is 5.31. The Labute approximate surface area is 226 Å². The molecule has 2 amide bonds. The number of anilines is 1. The van der Waals surface area contributed by atoms with Crippen LogP contribution in [0.3, 0.4) is 0 Å². The van der Waals surface area contributed by atoms with Gasteiger partial charge in [-0.15, -0.1) is 0 Å². The molecule has 0 bridgehead atoms. The first-order valence-electron chi connectivity index (χ1n) is 13.2. The topological polar surface area (TPSA) is 84.5 Å². The van der Waals surface area contributed by atoms with Crippen LogP contribution in [-0.4, -0.2) is 49.2 Å². The largest absolute Gasteiger partial charge is 0.339 e. The molecule has 1 N–H and O–H groups in total. The Balaban J connectivity index is 1.04. The lowest BCUT2D eigenvalue weighted by Crippen LogP contribution is -2.37. The van der Waals surface area contributed by atoms with Gasteiger partial charge in [0.25, 0.3) is 11.8 Å². The summed E-state index contributed by atoms with van der Waals surface area (Å²) in [5, 5.41) is 11.7. The molecule has 196 valence electrons. The molecule has 0 unspecified atom stereocenters. The Morgan fingerprint density at radius 3 is 2.49 bits per heavy atom. The van der Waals surface area contributed by atoms with Gasteiger partial charge in [-0.1, -0.05) is 42.5 Å². The second kappa shape index (κ2) is 10.6. The predicted molar refractivity (Wildman–Crippen MR) is 150 cm³/mol. The van der Waals surface area contributed by atoms with Gasteiger partial charge in [-0.25, -0.2) is 4.52 Å². The number of rotatable bonds is 6. The molecule has 0 aliphatic carbocycles. The highest BCUT2D eigenvalue weighted by atomic mass is 16.2. The Hall–Kier alpha value is -4.72. The standard InChI is InChI=1S/C31H30N6O2/c1-22-11-16-37-29(17-22)28(19-33-37)30(38)34-27-9-7-24(8-10-27)25-12-14-35(15-13-25)31(39)26-18-32-36(21-26)20-23-5-3-2-4-6-23/h2-11,16-19,21,25H,12-15,20H2,1H3,(H,34,38). The molecule has 6 rings (SSSR count). The first kappa shape index (κ1) is 24.6. The number of nitrogens with zero attached hydrogens (tertiary/aromatic N) is 5. The Kier molecular flexibility index (Phi) is 6.67. The highest BCUT2D eigenvalue weighted by Gasteiger charge is 2.25. The summed E-state index contributed by atoms with van der Waals surface area (Å²) in [6.07, 6.45) is 8.76. The lowest BCUT2D eigenvalue weighted by Gasteiger charge is -2.32. The monoisotopic (exact) mass is 518 g/mol. The zero-order valence-electron chi connectivity index (χ0n) is 21.8. The number of aromatic nitrogens is 4. The van der Waals surface area contributed by atoms with E-state index in [1.165, 1.54) is 5.56 Å². The Bertz CT molecular complexity index is 1610. The van der Waals surface area contributed by atoms with Crippen LogP contribution in [0, 0.1) is 6.92 Å². The van der Waals surface area contributed by atoms with Crippen molar-refractivity contribution in [1.29, 1.82) is 0 Å². The van der Waals surface area contributed by atoms with Crippen molar-refractivity contribution in [2.45, 2.75) is 32.2 Å². The summed E-state index contributed by atoms with van der Waals surface area (Å²) in [7, 11) is 0. The lowest BCUT2D eigenvalue weighted by atomic mass is 9.89. The fourth-order valence-corrected chi connectivity index (χ4v) is 5.23. The normalized spacial score (nSPS) is 14.0. The number of hydrogen-bond acceptors (Lipinski definition) is 4. The van der Waals surface area contributed by atoms with Crippen LogP contribution in [0.1, 0.15) is 56.2 Å². The van der Waals surface area contributed by atoms with Crippen molar-refractivity contribution in [3.05, 3.63) is 119 Å². The molecule has 0 radical (unpaired) electrons. The number of fused-ring (bicyclic) bond motifs is 1. The van der Waals surface area contributed by atoms with E-state index in [-0.39, 0.29) is 11.8 Å². The molecule has 0 atom stereocenters.